The monoisotopic (exact) mass is 399 g/mol. The fraction of sp³-hybridized carbons (Fsp3) is 0.353. The van der Waals surface area contributed by atoms with Crippen molar-refractivity contribution < 1.29 is 19.4 Å². The largest absolute Gasteiger partial charge is 0.451 e. The van der Waals surface area contributed by atoms with E-state index in [0.717, 1.165) is 0 Å². The van der Waals surface area contributed by atoms with Crippen LogP contribution in [-0.4, -0.2) is 33.6 Å². The molecule has 0 aliphatic heterocycles. The third-order valence-electron chi connectivity index (χ3n) is 3.91. The van der Waals surface area contributed by atoms with Crippen LogP contribution in [0.25, 0.3) is 0 Å². The highest BCUT2D eigenvalue weighted by molar-refractivity contribution is 6.37. The lowest BCUT2D eigenvalue weighted by Crippen LogP contribution is -2.22. The normalized spacial score (nSPS) is 12.0. The van der Waals surface area contributed by atoms with E-state index in [4.69, 9.17) is 27.9 Å². The number of hydrogen-bond donors (Lipinski definition) is 3. The third kappa shape index (κ3) is 4.17. The number of nitrogens with one attached hydrogen (secondary N) is 2. The summed E-state index contributed by atoms with van der Waals surface area (Å²) in [4.78, 5) is 31.0. The van der Waals surface area contributed by atoms with E-state index in [-0.39, 0.29) is 16.5 Å². The van der Waals surface area contributed by atoms with Gasteiger partial charge in [0.25, 0.3) is 5.91 Å². The first-order chi connectivity index (χ1) is 12.1. The van der Waals surface area contributed by atoms with Gasteiger partial charge in [-0.25, -0.2) is 9.78 Å². The van der Waals surface area contributed by atoms with Gasteiger partial charge in [-0.2, -0.15) is 0 Å². The van der Waals surface area contributed by atoms with E-state index >= 15 is 0 Å². The number of esters is 1. The van der Waals surface area contributed by atoms with E-state index in [0.29, 0.717) is 27.4 Å². The molecule has 0 fully saturated rings. The molecule has 0 unspecified atom stereocenters. The first-order valence-electron chi connectivity index (χ1n) is 7.78. The van der Waals surface area contributed by atoms with Crippen LogP contribution in [0, 0.1) is 20.8 Å². The van der Waals surface area contributed by atoms with Gasteiger partial charge in [0.1, 0.15) is 5.69 Å². The van der Waals surface area contributed by atoms with Crippen LogP contribution in [0.5, 0.6) is 0 Å². The molecular formula is C17H19Cl2N3O4. The number of hydrogen-bond acceptors (Lipinski definition) is 5. The Hall–Kier alpha value is -2.09. The maximum absolute atomic E-state index is 12.2. The predicted molar refractivity (Wildman–Crippen MR) is 98.8 cm³/mol. The summed E-state index contributed by atoms with van der Waals surface area (Å²) < 4.78 is 5.02. The van der Waals surface area contributed by atoms with Crippen LogP contribution in [0.15, 0.2) is 6.20 Å². The fourth-order valence-corrected chi connectivity index (χ4v) is 3.00. The minimum absolute atomic E-state index is 0.137. The highest BCUT2D eigenvalue weighted by Crippen LogP contribution is 2.28. The fourth-order valence-electron chi connectivity index (χ4n) is 2.61. The molecule has 9 heteroatoms. The Bertz CT molecular complexity index is 862. The maximum Gasteiger partial charge on any atom is 0.355 e. The zero-order chi connectivity index (χ0) is 19.6. The average molecular weight is 400 g/mol. The van der Waals surface area contributed by atoms with E-state index in [1.807, 2.05) is 0 Å². The van der Waals surface area contributed by atoms with Crippen LogP contribution in [0.3, 0.4) is 0 Å². The Morgan fingerprint density at radius 2 is 1.96 bits per heavy atom. The summed E-state index contributed by atoms with van der Waals surface area (Å²) in [5.74, 6) is -1.15. The quantitative estimate of drug-likeness (QED) is 0.667. The summed E-state index contributed by atoms with van der Waals surface area (Å²) in [7, 11) is 0. The van der Waals surface area contributed by atoms with Gasteiger partial charge < -0.3 is 20.1 Å². The molecule has 0 spiro atoms. The summed E-state index contributed by atoms with van der Waals surface area (Å²) >= 11 is 12.0. The Kier molecular flexibility index (Phi) is 6.28. The number of carbonyl (C=O) groups excluding carboxylic acids is 2. The van der Waals surface area contributed by atoms with Crippen molar-refractivity contribution in [3.63, 3.8) is 0 Å². The lowest BCUT2D eigenvalue weighted by atomic mass is 10.1. The van der Waals surface area contributed by atoms with E-state index in [2.05, 4.69) is 15.3 Å². The van der Waals surface area contributed by atoms with Gasteiger partial charge >= 0.3 is 5.97 Å². The van der Waals surface area contributed by atoms with Crippen LogP contribution in [-0.2, 0) is 9.53 Å². The van der Waals surface area contributed by atoms with Crippen LogP contribution in [0.4, 0.5) is 5.82 Å². The van der Waals surface area contributed by atoms with E-state index in [1.165, 1.54) is 6.20 Å². The molecule has 0 aliphatic rings. The number of amides is 1. The van der Waals surface area contributed by atoms with Crippen molar-refractivity contribution in [3.8, 4) is 0 Å². The first-order valence-corrected chi connectivity index (χ1v) is 8.53. The van der Waals surface area contributed by atoms with Gasteiger partial charge in [-0.15, -0.1) is 0 Å². The first kappa shape index (κ1) is 20.2. The number of aliphatic hydroxyl groups is 1. The molecule has 0 saturated heterocycles. The summed E-state index contributed by atoms with van der Waals surface area (Å²) in [6, 6.07) is 0. The molecule has 0 aromatic carbocycles. The Labute approximate surface area is 160 Å². The molecule has 2 aromatic heterocycles. The second-order valence-electron chi connectivity index (χ2n) is 5.86. The van der Waals surface area contributed by atoms with Gasteiger partial charge in [-0.1, -0.05) is 23.2 Å². The topological polar surface area (TPSA) is 104 Å². The van der Waals surface area contributed by atoms with Gasteiger partial charge in [0, 0.05) is 17.5 Å². The molecule has 3 N–H and O–H groups in total. The minimum Gasteiger partial charge on any atom is -0.451 e. The standard InChI is InChI=1S/C17H19Cl2N3O4/c1-7-11(18)5-20-16(14(7)19)22-12(24)6-26-17(25)15-8(2)13(10(4)23)9(3)21-15/h5,10,21,23H,6H2,1-4H3,(H,20,22,24)/t10-/m0/s1. The highest BCUT2D eigenvalue weighted by Gasteiger charge is 2.22. The number of anilines is 1. The number of aliphatic hydroxyl groups excluding tert-OH is 1. The molecule has 2 heterocycles. The average Bonchev–Trinajstić information content (AvgIpc) is 2.88. The van der Waals surface area contributed by atoms with Crippen molar-refractivity contribution >= 4 is 40.9 Å². The SMILES string of the molecule is Cc1[nH]c(C(=O)OCC(=O)Nc2ncc(Cl)c(C)c2Cl)c(C)c1[C@H](C)O. The van der Waals surface area contributed by atoms with Gasteiger partial charge in [-0.05, 0) is 38.8 Å². The van der Waals surface area contributed by atoms with Crippen molar-refractivity contribution in [2.24, 2.45) is 0 Å². The number of carbonyl (C=O) groups is 2. The van der Waals surface area contributed by atoms with Crippen molar-refractivity contribution in [1.82, 2.24) is 9.97 Å². The Morgan fingerprint density at radius 1 is 1.31 bits per heavy atom. The zero-order valence-electron chi connectivity index (χ0n) is 14.7. The summed E-state index contributed by atoms with van der Waals surface area (Å²) in [6.45, 7) is 6.23. The number of pyridine rings is 1. The van der Waals surface area contributed by atoms with E-state index < -0.39 is 24.6 Å². The molecule has 140 valence electrons. The molecule has 7 nitrogen and oxygen atoms in total. The number of rotatable bonds is 5. The lowest BCUT2D eigenvalue weighted by Gasteiger charge is -2.09. The number of aryl methyl sites for hydroxylation is 1. The second-order valence-corrected chi connectivity index (χ2v) is 6.64. The van der Waals surface area contributed by atoms with E-state index in [1.54, 1.807) is 27.7 Å². The molecule has 0 bridgehead atoms. The van der Waals surface area contributed by atoms with Crippen molar-refractivity contribution in [2.45, 2.75) is 33.8 Å². The molecule has 0 saturated carbocycles. The third-order valence-corrected chi connectivity index (χ3v) is 4.76. The molecule has 2 rings (SSSR count). The van der Waals surface area contributed by atoms with Gasteiger partial charge in [0.05, 0.1) is 16.1 Å². The lowest BCUT2D eigenvalue weighted by molar-refractivity contribution is -0.119. The smallest absolute Gasteiger partial charge is 0.355 e. The van der Waals surface area contributed by atoms with Crippen LogP contribution < -0.4 is 5.32 Å². The van der Waals surface area contributed by atoms with Crippen molar-refractivity contribution in [2.75, 3.05) is 11.9 Å². The highest BCUT2D eigenvalue weighted by atomic mass is 35.5. The molecule has 0 aliphatic carbocycles. The molecule has 1 atom stereocenters. The summed E-state index contributed by atoms with van der Waals surface area (Å²) in [5.41, 5.74) is 2.67. The molecule has 0 radical (unpaired) electrons. The number of aromatic nitrogens is 2. The molecule has 1 amide bonds. The number of aromatic amines is 1. The van der Waals surface area contributed by atoms with Crippen molar-refractivity contribution in [1.29, 1.82) is 0 Å². The number of nitrogens with zero attached hydrogens (tertiary/aromatic N) is 1. The summed E-state index contributed by atoms with van der Waals surface area (Å²) in [6.07, 6.45) is 0.644. The summed E-state index contributed by atoms with van der Waals surface area (Å²) in [5, 5.41) is 12.8. The zero-order valence-corrected chi connectivity index (χ0v) is 16.2. The van der Waals surface area contributed by atoms with Gasteiger partial charge in [0.15, 0.2) is 12.4 Å². The van der Waals surface area contributed by atoms with Crippen LogP contribution in [0.2, 0.25) is 10.0 Å². The van der Waals surface area contributed by atoms with Gasteiger partial charge in [-0.3, -0.25) is 4.79 Å². The predicted octanol–water partition coefficient (Wildman–Crippen LogP) is 3.49. The van der Waals surface area contributed by atoms with Crippen LogP contribution in [0.1, 0.15) is 45.9 Å². The molecule has 2 aromatic rings. The number of ether oxygens (including phenoxy) is 1. The maximum atomic E-state index is 12.2. The Balaban J connectivity index is 2.03. The van der Waals surface area contributed by atoms with Gasteiger partial charge in [0.2, 0.25) is 0 Å². The van der Waals surface area contributed by atoms with Crippen molar-refractivity contribution in [3.05, 3.63) is 44.3 Å². The Morgan fingerprint density at radius 3 is 2.54 bits per heavy atom. The number of halogens is 2. The molecular weight excluding hydrogens is 381 g/mol. The molecule has 26 heavy (non-hydrogen) atoms. The minimum atomic E-state index is -0.725. The van der Waals surface area contributed by atoms with E-state index in [9.17, 15) is 14.7 Å². The second kappa shape index (κ2) is 8.07. The number of H-pyrrole nitrogens is 1. The van der Waals surface area contributed by atoms with Crippen LogP contribution >= 0.6 is 23.2 Å².